The second kappa shape index (κ2) is 11.5. The number of piperidine rings is 1. The molecule has 0 bridgehead atoms. The maximum Gasteiger partial charge on any atom is 0.255 e. The van der Waals surface area contributed by atoms with E-state index in [0.717, 1.165) is 38.0 Å². The molecule has 1 heterocycles. The second-order valence-corrected chi connectivity index (χ2v) is 7.78. The van der Waals surface area contributed by atoms with Gasteiger partial charge in [0.2, 0.25) is 0 Å². The van der Waals surface area contributed by atoms with E-state index in [1.165, 1.54) is 5.56 Å². The van der Waals surface area contributed by atoms with E-state index in [2.05, 4.69) is 34.5 Å². The molecule has 1 aliphatic rings. The van der Waals surface area contributed by atoms with Crippen molar-refractivity contribution in [3.63, 3.8) is 0 Å². The van der Waals surface area contributed by atoms with Crippen LogP contribution in [0.4, 0.5) is 0 Å². The number of para-hydroxylation sites is 1. The highest BCUT2D eigenvalue weighted by atomic mass is 35.5. The van der Waals surface area contributed by atoms with Crippen molar-refractivity contribution >= 4 is 18.3 Å². The van der Waals surface area contributed by atoms with Gasteiger partial charge in [-0.1, -0.05) is 72.8 Å². The lowest BCUT2D eigenvalue weighted by Crippen LogP contribution is -2.44. The smallest absolute Gasteiger partial charge is 0.255 e. The quantitative estimate of drug-likeness (QED) is 0.561. The highest BCUT2D eigenvalue weighted by Crippen LogP contribution is 2.21. The summed E-state index contributed by atoms with van der Waals surface area (Å²) in [6.07, 6.45) is 1.93. The number of hydrogen-bond acceptors (Lipinski definition) is 3. The number of carbonyl (C=O) groups excluding carboxylic acids is 1. The molecule has 0 spiro atoms. The van der Waals surface area contributed by atoms with E-state index in [4.69, 9.17) is 4.74 Å². The first-order chi connectivity index (χ1) is 14.8. The third-order valence-corrected chi connectivity index (χ3v) is 5.54. The maximum absolute atomic E-state index is 12.9. The normalized spacial score (nSPS) is 14.5. The molecule has 3 aromatic carbocycles. The van der Waals surface area contributed by atoms with Gasteiger partial charge in [0.1, 0.15) is 12.4 Å². The van der Waals surface area contributed by atoms with Gasteiger partial charge >= 0.3 is 0 Å². The minimum atomic E-state index is -0.0554. The molecule has 4 rings (SSSR count). The van der Waals surface area contributed by atoms with E-state index >= 15 is 0 Å². The van der Waals surface area contributed by atoms with E-state index in [0.29, 0.717) is 17.9 Å². The number of ether oxygens (including phenoxy) is 1. The summed E-state index contributed by atoms with van der Waals surface area (Å²) in [6.45, 7) is 3.40. The van der Waals surface area contributed by atoms with E-state index in [-0.39, 0.29) is 24.4 Å². The van der Waals surface area contributed by atoms with Crippen LogP contribution in [0, 0.1) is 0 Å². The number of halogens is 1. The van der Waals surface area contributed by atoms with Crippen molar-refractivity contribution in [3.05, 3.63) is 102 Å². The number of likely N-dealkylation sites (tertiary alicyclic amines) is 1. The largest absolute Gasteiger partial charge is 0.488 e. The third-order valence-electron chi connectivity index (χ3n) is 5.54. The van der Waals surface area contributed by atoms with Crippen LogP contribution in [0.5, 0.6) is 5.75 Å². The molecule has 162 valence electrons. The van der Waals surface area contributed by atoms with Gasteiger partial charge in [0.05, 0.1) is 5.56 Å². The Kier molecular flexibility index (Phi) is 8.51. The Morgan fingerprint density at radius 2 is 1.42 bits per heavy atom. The van der Waals surface area contributed by atoms with Crippen LogP contribution in [0.15, 0.2) is 84.9 Å². The number of nitrogens with one attached hydrogen (secondary N) is 1. The average molecular weight is 437 g/mol. The van der Waals surface area contributed by atoms with Gasteiger partial charge in [-0.25, -0.2) is 0 Å². The van der Waals surface area contributed by atoms with Crippen molar-refractivity contribution in [2.45, 2.75) is 32.0 Å². The highest BCUT2D eigenvalue weighted by molar-refractivity contribution is 5.97. The lowest BCUT2D eigenvalue weighted by Gasteiger charge is -2.32. The summed E-state index contributed by atoms with van der Waals surface area (Å²) in [7, 11) is 0. The van der Waals surface area contributed by atoms with Crippen molar-refractivity contribution < 1.29 is 9.53 Å². The topological polar surface area (TPSA) is 41.6 Å². The Bertz CT molecular complexity index is 942. The maximum atomic E-state index is 12.9. The third kappa shape index (κ3) is 6.58. The summed E-state index contributed by atoms with van der Waals surface area (Å²) in [6, 6.07) is 28.2. The van der Waals surface area contributed by atoms with Gasteiger partial charge in [-0.05, 0) is 36.1 Å². The summed E-state index contributed by atoms with van der Waals surface area (Å²) >= 11 is 0. The number of amides is 1. The number of nitrogens with zero attached hydrogens (tertiary/aromatic N) is 1. The van der Waals surface area contributed by atoms with Crippen molar-refractivity contribution in [2.24, 2.45) is 0 Å². The van der Waals surface area contributed by atoms with Crippen LogP contribution in [-0.4, -0.2) is 29.9 Å². The molecule has 1 amide bonds. The molecule has 1 N–H and O–H groups in total. The molecule has 5 heteroatoms. The SMILES string of the molecule is Cl.O=C(NC1CCN(Cc2ccccc2)CC1)c1ccccc1OCc1ccccc1. The van der Waals surface area contributed by atoms with E-state index in [1.54, 1.807) is 0 Å². The van der Waals surface area contributed by atoms with Gasteiger partial charge in [0.15, 0.2) is 0 Å². The highest BCUT2D eigenvalue weighted by Gasteiger charge is 2.22. The van der Waals surface area contributed by atoms with Gasteiger partial charge in [-0.2, -0.15) is 0 Å². The molecule has 0 saturated carbocycles. The fourth-order valence-corrected chi connectivity index (χ4v) is 3.86. The summed E-state index contributed by atoms with van der Waals surface area (Å²) in [5.41, 5.74) is 3.02. The van der Waals surface area contributed by atoms with Gasteiger partial charge < -0.3 is 10.1 Å². The van der Waals surface area contributed by atoms with Gasteiger partial charge in [-0.15, -0.1) is 12.4 Å². The van der Waals surface area contributed by atoms with E-state index in [1.807, 2.05) is 60.7 Å². The molecule has 4 nitrogen and oxygen atoms in total. The first-order valence-corrected chi connectivity index (χ1v) is 10.6. The zero-order valence-electron chi connectivity index (χ0n) is 17.6. The van der Waals surface area contributed by atoms with Crippen molar-refractivity contribution in [3.8, 4) is 5.75 Å². The number of hydrogen-bond donors (Lipinski definition) is 1. The molecular weight excluding hydrogens is 408 g/mol. The van der Waals surface area contributed by atoms with Gasteiger partial charge in [0.25, 0.3) is 5.91 Å². The number of rotatable bonds is 7. The monoisotopic (exact) mass is 436 g/mol. The number of benzene rings is 3. The van der Waals surface area contributed by atoms with Crippen molar-refractivity contribution in [2.75, 3.05) is 13.1 Å². The van der Waals surface area contributed by atoms with E-state index < -0.39 is 0 Å². The molecular formula is C26H29ClN2O2. The summed E-state index contributed by atoms with van der Waals surface area (Å²) in [5.74, 6) is 0.570. The van der Waals surface area contributed by atoms with Crippen molar-refractivity contribution in [1.82, 2.24) is 10.2 Å². The van der Waals surface area contributed by atoms with E-state index in [9.17, 15) is 4.79 Å². The molecule has 1 saturated heterocycles. The zero-order valence-corrected chi connectivity index (χ0v) is 18.4. The lowest BCUT2D eigenvalue weighted by molar-refractivity contribution is 0.0904. The first kappa shape index (κ1) is 22.9. The molecule has 1 aliphatic heterocycles. The molecule has 0 aromatic heterocycles. The first-order valence-electron chi connectivity index (χ1n) is 10.6. The Balaban J connectivity index is 0.00000272. The molecule has 1 fully saturated rings. The minimum Gasteiger partial charge on any atom is -0.488 e. The standard InChI is InChI=1S/C26H28N2O2.ClH/c29-26(24-13-7-8-14-25(24)30-20-22-11-5-2-6-12-22)27-23-15-17-28(18-16-23)19-21-9-3-1-4-10-21;/h1-14,23H,15-20H2,(H,27,29);1H. The van der Waals surface area contributed by atoms with Crippen LogP contribution in [-0.2, 0) is 13.2 Å². The Hall–Kier alpha value is -2.82. The number of carbonyl (C=O) groups is 1. The fraction of sp³-hybridized carbons (Fsp3) is 0.269. The second-order valence-electron chi connectivity index (χ2n) is 7.78. The minimum absolute atomic E-state index is 0. The average Bonchev–Trinajstić information content (AvgIpc) is 2.80. The zero-order chi connectivity index (χ0) is 20.6. The summed E-state index contributed by atoms with van der Waals surface area (Å²) in [5, 5.41) is 3.21. The Labute approximate surface area is 190 Å². The fourth-order valence-electron chi connectivity index (χ4n) is 3.86. The van der Waals surface area contributed by atoms with Crippen LogP contribution < -0.4 is 10.1 Å². The molecule has 0 aliphatic carbocycles. The van der Waals surface area contributed by atoms with Gasteiger partial charge in [0, 0.05) is 25.7 Å². The summed E-state index contributed by atoms with van der Waals surface area (Å²) < 4.78 is 5.95. The van der Waals surface area contributed by atoms with Crippen LogP contribution in [0.2, 0.25) is 0 Å². The van der Waals surface area contributed by atoms with Gasteiger partial charge in [-0.3, -0.25) is 9.69 Å². The summed E-state index contributed by atoms with van der Waals surface area (Å²) in [4.78, 5) is 15.4. The Morgan fingerprint density at radius 3 is 2.10 bits per heavy atom. The molecule has 31 heavy (non-hydrogen) atoms. The van der Waals surface area contributed by atoms with Crippen molar-refractivity contribution in [1.29, 1.82) is 0 Å². The van der Waals surface area contributed by atoms with Crippen LogP contribution in [0.1, 0.15) is 34.3 Å². The molecule has 0 radical (unpaired) electrons. The lowest BCUT2D eigenvalue weighted by atomic mass is 10.0. The van der Waals surface area contributed by atoms with Crippen LogP contribution in [0.3, 0.4) is 0 Å². The molecule has 3 aromatic rings. The Morgan fingerprint density at radius 1 is 0.839 bits per heavy atom. The molecule has 0 atom stereocenters. The predicted molar refractivity (Wildman–Crippen MR) is 127 cm³/mol. The van der Waals surface area contributed by atoms with Crippen LogP contribution in [0.25, 0.3) is 0 Å². The van der Waals surface area contributed by atoms with Crippen LogP contribution >= 0.6 is 12.4 Å². The predicted octanol–water partition coefficient (Wildman–Crippen LogP) is 5.08. The molecule has 0 unspecified atom stereocenters.